The molecule has 2 unspecified atom stereocenters. The lowest BCUT2D eigenvalue weighted by atomic mass is 10.2. The first kappa shape index (κ1) is 12.3. The van der Waals surface area contributed by atoms with Gasteiger partial charge in [-0.2, -0.15) is 0 Å². The lowest BCUT2D eigenvalue weighted by Gasteiger charge is -2.21. The number of aromatic nitrogens is 1. The SMILES string of the molecule is NC(=O)C1CC(O)CN1Cc1ccc(Cl)nc1. The summed E-state index contributed by atoms with van der Waals surface area (Å²) in [6.07, 6.45) is 1.56. The highest BCUT2D eigenvalue weighted by atomic mass is 35.5. The van der Waals surface area contributed by atoms with Crippen molar-refractivity contribution in [1.82, 2.24) is 9.88 Å². The number of carbonyl (C=O) groups is 1. The molecule has 2 atom stereocenters. The summed E-state index contributed by atoms with van der Waals surface area (Å²) in [5.41, 5.74) is 6.24. The van der Waals surface area contributed by atoms with Crippen LogP contribution in [0.15, 0.2) is 18.3 Å². The van der Waals surface area contributed by atoms with Gasteiger partial charge in [-0.05, 0) is 18.1 Å². The molecule has 17 heavy (non-hydrogen) atoms. The average molecular weight is 256 g/mol. The third-order valence-electron chi connectivity index (χ3n) is 2.88. The van der Waals surface area contributed by atoms with Crippen LogP contribution in [0.2, 0.25) is 5.15 Å². The van der Waals surface area contributed by atoms with Gasteiger partial charge in [-0.25, -0.2) is 4.98 Å². The van der Waals surface area contributed by atoms with Crippen molar-refractivity contribution in [2.75, 3.05) is 6.54 Å². The zero-order valence-electron chi connectivity index (χ0n) is 9.21. The molecule has 1 saturated heterocycles. The van der Waals surface area contributed by atoms with Gasteiger partial charge in [0.25, 0.3) is 0 Å². The molecule has 0 spiro atoms. The van der Waals surface area contributed by atoms with Gasteiger partial charge in [0.05, 0.1) is 12.1 Å². The number of aliphatic hydroxyl groups excluding tert-OH is 1. The quantitative estimate of drug-likeness (QED) is 0.754. The molecular weight excluding hydrogens is 242 g/mol. The van der Waals surface area contributed by atoms with Gasteiger partial charge in [-0.1, -0.05) is 17.7 Å². The minimum atomic E-state index is -0.493. The van der Waals surface area contributed by atoms with Crippen molar-refractivity contribution in [2.45, 2.75) is 25.1 Å². The van der Waals surface area contributed by atoms with Crippen molar-refractivity contribution >= 4 is 17.5 Å². The van der Waals surface area contributed by atoms with Gasteiger partial charge in [0.1, 0.15) is 5.15 Å². The summed E-state index contributed by atoms with van der Waals surface area (Å²) in [6.45, 7) is 0.991. The minimum Gasteiger partial charge on any atom is -0.392 e. The van der Waals surface area contributed by atoms with Gasteiger partial charge in [0.15, 0.2) is 0 Å². The van der Waals surface area contributed by atoms with E-state index in [4.69, 9.17) is 17.3 Å². The van der Waals surface area contributed by atoms with Crippen LogP contribution in [0, 0.1) is 0 Å². The summed E-state index contributed by atoms with van der Waals surface area (Å²) < 4.78 is 0. The number of primary amides is 1. The number of aliphatic hydroxyl groups is 1. The van der Waals surface area contributed by atoms with Crippen LogP contribution in [-0.2, 0) is 11.3 Å². The van der Waals surface area contributed by atoms with Gasteiger partial charge >= 0.3 is 0 Å². The first-order valence-corrected chi connectivity index (χ1v) is 5.76. The Kier molecular flexibility index (Phi) is 3.61. The smallest absolute Gasteiger partial charge is 0.234 e. The maximum Gasteiger partial charge on any atom is 0.234 e. The van der Waals surface area contributed by atoms with Gasteiger partial charge in [-0.15, -0.1) is 0 Å². The lowest BCUT2D eigenvalue weighted by Crippen LogP contribution is -2.39. The van der Waals surface area contributed by atoms with Crippen LogP contribution in [0.1, 0.15) is 12.0 Å². The van der Waals surface area contributed by atoms with E-state index in [2.05, 4.69) is 4.98 Å². The molecule has 1 aromatic rings. The molecule has 1 aliphatic heterocycles. The van der Waals surface area contributed by atoms with Gasteiger partial charge in [-0.3, -0.25) is 9.69 Å². The van der Waals surface area contributed by atoms with E-state index in [1.54, 1.807) is 12.3 Å². The number of nitrogens with zero attached hydrogens (tertiary/aromatic N) is 2. The third-order valence-corrected chi connectivity index (χ3v) is 3.11. The number of carbonyl (C=O) groups excluding carboxylic acids is 1. The third kappa shape index (κ3) is 2.94. The van der Waals surface area contributed by atoms with E-state index >= 15 is 0 Å². The van der Waals surface area contributed by atoms with E-state index in [-0.39, 0.29) is 0 Å². The monoisotopic (exact) mass is 255 g/mol. The second-order valence-electron chi connectivity index (χ2n) is 4.23. The Hall–Kier alpha value is -1.17. The highest BCUT2D eigenvalue weighted by molar-refractivity contribution is 6.29. The van der Waals surface area contributed by atoms with Gasteiger partial charge in [0.2, 0.25) is 5.91 Å². The molecule has 92 valence electrons. The molecule has 1 aliphatic rings. The van der Waals surface area contributed by atoms with Crippen LogP contribution >= 0.6 is 11.6 Å². The van der Waals surface area contributed by atoms with E-state index in [1.165, 1.54) is 0 Å². The van der Waals surface area contributed by atoms with Crippen LogP contribution in [0.4, 0.5) is 0 Å². The highest BCUT2D eigenvalue weighted by Gasteiger charge is 2.34. The Balaban J connectivity index is 2.07. The normalized spacial score (nSPS) is 25.1. The fourth-order valence-corrected chi connectivity index (χ4v) is 2.20. The van der Waals surface area contributed by atoms with Crippen molar-refractivity contribution in [2.24, 2.45) is 5.73 Å². The first-order chi connectivity index (χ1) is 8.06. The summed E-state index contributed by atoms with van der Waals surface area (Å²) in [5.74, 6) is -0.400. The Morgan fingerprint density at radius 2 is 2.41 bits per heavy atom. The van der Waals surface area contributed by atoms with Crippen LogP contribution in [-0.4, -0.2) is 39.6 Å². The van der Waals surface area contributed by atoms with Crippen molar-refractivity contribution < 1.29 is 9.90 Å². The van der Waals surface area contributed by atoms with Crippen LogP contribution in [0.25, 0.3) is 0 Å². The fraction of sp³-hybridized carbons (Fsp3) is 0.455. The zero-order valence-corrected chi connectivity index (χ0v) is 9.97. The largest absolute Gasteiger partial charge is 0.392 e. The maximum atomic E-state index is 11.2. The number of nitrogens with two attached hydrogens (primary N) is 1. The Morgan fingerprint density at radius 3 is 3.00 bits per heavy atom. The molecular formula is C11H14ClN3O2. The molecule has 6 heteroatoms. The Labute approximate surface area is 104 Å². The van der Waals surface area contributed by atoms with E-state index in [1.807, 2.05) is 11.0 Å². The van der Waals surface area contributed by atoms with E-state index in [9.17, 15) is 9.90 Å². The molecule has 0 saturated carbocycles. The number of β-amino-alcohol motifs (C(OH)–C–C–N with tert-alkyl or cyclic N) is 1. The number of hydrogen-bond donors (Lipinski definition) is 2. The van der Waals surface area contributed by atoms with Crippen molar-refractivity contribution in [3.63, 3.8) is 0 Å². The summed E-state index contributed by atoms with van der Waals surface area (Å²) in [4.78, 5) is 17.1. The average Bonchev–Trinajstić information content (AvgIpc) is 2.63. The van der Waals surface area contributed by atoms with E-state index < -0.39 is 18.1 Å². The summed E-state index contributed by atoms with van der Waals surface area (Å²) in [5, 5.41) is 9.99. The molecule has 1 amide bonds. The van der Waals surface area contributed by atoms with Crippen LogP contribution < -0.4 is 5.73 Å². The predicted molar refractivity (Wildman–Crippen MR) is 63.3 cm³/mol. The number of pyridine rings is 1. The maximum absolute atomic E-state index is 11.2. The summed E-state index contributed by atoms with van der Waals surface area (Å²) in [6, 6.07) is 3.14. The fourth-order valence-electron chi connectivity index (χ4n) is 2.08. The number of likely N-dealkylation sites (tertiary alicyclic amines) is 1. The standard InChI is InChI=1S/C11H14ClN3O2/c12-10-2-1-7(4-14-10)5-15-6-8(16)3-9(15)11(13)17/h1-2,4,8-9,16H,3,5-6H2,(H2,13,17). The summed E-state index contributed by atoms with van der Waals surface area (Å²) >= 11 is 5.69. The molecule has 0 aromatic carbocycles. The topological polar surface area (TPSA) is 79.5 Å². The predicted octanol–water partition coefficient (Wildman–Crippen LogP) is 0.156. The van der Waals surface area contributed by atoms with E-state index in [0.29, 0.717) is 24.7 Å². The molecule has 2 rings (SSSR count). The zero-order chi connectivity index (χ0) is 12.4. The Morgan fingerprint density at radius 1 is 1.65 bits per heavy atom. The van der Waals surface area contributed by atoms with Gasteiger partial charge < -0.3 is 10.8 Å². The molecule has 0 aliphatic carbocycles. The number of amides is 1. The van der Waals surface area contributed by atoms with Crippen molar-refractivity contribution in [3.8, 4) is 0 Å². The van der Waals surface area contributed by atoms with Gasteiger partial charge in [0, 0.05) is 19.3 Å². The van der Waals surface area contributed by atoms with Crippen LogP contribution in [0.3, 0.4) is 0 Å². The van der Waals surface area contributed by atoms with Crippen molar-refractivity contribution in [3.05, 3.63) is 29.0 Å². The van der Waals surface area contributed by atoms with Crippen molar-refractivity contribution in [1.29, 1.82) is 0 Å². The summed E-state index contributed by atoms with van der Waals surface area (Å²) in [7, 11) is 0. The number of halogens is 1. The minimum absolute atomic E-state index is 0.399. The van der Waals surface area contributed by atoms with Crippen LogP contribution in [0.5, 0.6) is 0 Å². The Bertz CT molecular complexity index is 410. The number of rotatable bonds is 3. The first-order valence-electron chi connectivity index (χ1n) is 5.38. The molecule has 0 radical (unpaired) electrons. The molecule has 0 bridgehead atoms. The molecule has 1 fully saturated rings. The van der Waals surface area contributed by atoms with E-state index in [0.717, 1.165) is 5.56 Å². The highest BCUT2D eigenvalue weighted by Crippen LogP contribution is 2.20. The molecule has 1 aromatic heterocycles. The molecule has 5 nitrogen and oxygen atoms in total. The number of hydrogen-bond acceptors (Lipinski definition) is 4. The molecule has 3 N–H and O–H groups in total. The molecule has 2 heterocycles. The second-order valence-corrected chi connectivity index (χ2v) is 4.61. The second kappa shape index (κ2) is 5.00. The lowest BCUT2D eigenvalue weighted by molar-refractivity contribution is -0.122.